The lowest BCUT2D eigenvalue weighted by molar-refractivity contribution is -0.384. The fraction of sp³-hybridized carbons (Fsp3) is 0.364. The molecule has 0 aliphatic rings. The quantitative estimate of drug-likeness (QED) is 0.482. The second-order valence-corrected chi connectivity index (χ2v) is 4.96. The third-order valence-corrected chi connectivity index (χ3v) is 3.39. The van der Waals surface area contributed by atoms with Crippen LogP contribution >= 0.6 is 22.6 Å². The van der Waals surface area contributed by atoms with Gasteiger partial charge in [-0.15, -0.1) is 0 Å². The first-order valence-electron chi connectivity index (χ1n) is 5.48. The molecule has 0 radical (unpaired) electrons. The van der Waals surface area contributed by atoms with Crippen LogP contribution in [0.4, 0.5) is 15.8 Å². The predicted molar refractivity (Wildman–Crippen MR) is 77.6 cm³/mol. The number of hydrogen-bond donors (Lipinski definition) is 1. The highest BCUT2D eigenvalue weighted by Crippen LogP contribution is 2.28. The topological polar surface area (TPSA) is 75.5 Å². The van der Waals surface area contributed by atoms with E-state index in [9.17, 15) is 19.3 Å². The number of nitrogens with one attached hydrogen (secondary N) is 1. The molecule has 1 amide bonds. The van der Waals surface area contributed by atoms with Gasteiger partial charge in [0.25, 0.3) is 5.69 Å². The number of rotatable bonds is 5. The number of halogens is 2. The maximum atomic E-state index is 13.4. The minimum Gasteiger partial charge on any atom is -0.370 e. The summed E-state index contributed by atoms with van der Waals surface area (Å²) < 4.78 is 13.6. The summed E-state index contributed by atoms with van der Waals surface area (Å²) in [5.41, 5.74) is -0.251. The van der Waals surface area contributed by atoms with Crippen molar-refractivity contribution in [1.29, 1.82) is 0 Å². The summed E-state index contributed by atoms with van der Waals surface area (Å²) in [6.45, 7) is 2.22. The number of nitrogens with zero attached hydrogens (tertiary/aromatic N) is 2. The van der Waals surface area contributed by atoms with E-state index in [0.29, 0.717) is 6.54 Å². The standard InChI is InChI=1S/C11H13FIN3O3/c1-3-15(2)11(17)6-14-9-4-7(12)8(13)5-10(9)16(18)19/h4-5,14H,3,6H2,1-2H3. The Balaban J connectivity index is 2.91. The van der Waals surface area contributed by atoms with Crippen LogP contribution in [0.15, 0.2) is 12.1 Å². The van der Waals surface area contributed by atoms with E-state index >= 15 is 0 Å². The zero-order chi connectivity index (χ0) is 14.6. The van der Waals surface area contributed by atoms with Gasteiger partial charge in [-0.3, -0.25) is 14.9 Å². The Hall–Kier alpha value is -1.45. The number of nitro groups is 1. The number of carbonyl (C=O) groups is 1. The summed E-state index contributed by atoms with van der Waals surface area (Å²) in [6.07, 6.45) is 0. The van der Waals surface area contributed by atoms with E-state index in [1.165, 1.54) is 4.90 Å². The molecule has 0 bridgehead atoms. The van der Waals surface area contributed by atoms with Crippen molar-refractivity contribution in [3.05, 3.63) is 31.6 Å². The largest absolute Gasteiger partial charge is 0.370 e. The molecule has 0 aromatic heterocycles. The number of hydrogen-bond acceptors (Lipinski definition) is 4. The maximum Gasteiger partial charge on any atom is 0.293 e. The molecule has 1 N–H and O–H groups in total. The Labute approximate surface area is 123 Å². The minimum absolute atomic E-state index is 0.000712. The normalized spacial score (nSPS) is 10.1. The van der Waals surface area contributed by atoms with Gasteiger partial charge in [0, 0.05) is 25.7 Å². The predicted octanol–water partition coefficient (Wildman–Crippen LogP) is 2.23. The number of likely N-dealkylation sites (N-methyl/N-ethyl adjacent to an activating group) is 1. The van der Waals surface area contributed by atoms with E-state index in [1.807, 2.05) is 6.92 Å². The molecule has 0 aliphatic heterocycles. The van der Waals surface area contributed by atoms with Crippen molar-refractivity contribution in [3.8, 4) is 0 Å². The van der Waals surface area contributed by atoms with Crippen molar-refractivity contribution in [2.45, 2.75) is 6.92 Å². The lowest BCUT2D eigenvalue weighted by Gasteiger charge is -2.15. The molecule has 0 spiro atoms. The minimum atomic E-state index is -0.613. The van der Waals surface area contributed by atoms with Gasteiger partial charge < -0.3 is 10.2 Å². The first-order valence-corrected chi connectivity index (χ1v) is 6.56. The molecular formula is C11H13FIN3O3. The van der Waals surface area contributed by atoms with Crippen molar-refractivity contribution >= 4 is 39.9 Å². The van der Waals surface area contributed by atoms with E-state index in [-0.39, 0.29) is 27.4 Å². The van der Waals surface area contributed by atoms with Crippen LogP contribution in [-0.4, -0.2) is 35.9 Å². The summed E-state index contributed by atoms with van der Waals surface area (Å²) >= 11 is 1.68. The van der Waals surface area contributed by atoms with Gasteiger partial charge in [-0.1, -0.05) is 0 Å². The third kappa shape index (κ3) is 4.01. The van der Waals surface area contributed by atoms with Gasteiger partial charge in [0.2, 0.25) is 5.91 Å². The molecule has 8 heteroatoms. The summed E-state index contributed by atoms with van der Waals surface area (Å²) in [7, 11) is 1.62. The Morgan fingerprint density at radius 3 is 2.74 bits per heavy atom. The van der Waals surface area contributed by atoms with Gasteiger partial charge in [-0.2, -0.15) is 0 Å². The first kappa shape index (κ1) is 15.6. The van der Waals surface area contributed by atoms with Gasteiger partial charge in [0.05, 0.1) is 15.0 Å². The maximum absolute atomic E-state index is 13.4. The van der Waals surface area contributed by atoms with Crippen LogP contribution in [0.25, 0.3) is 0 Å². The zero-order valence-corrected chi connectivity index (χ0v) is 12.6. The Morgan fingerprint density at radius 1 is 1.58 bits per heavy atom. The third-order valence-electron chi connectivity index (χ3n) is 2.57. The molecule has 1 rings (SSSR count). The Bertz CT molecular complexity index is 510. The summed E-state index contributed by atoms with van der Waals surface area (Å²) in [6, 6.07) is 2.16. The van der Waals surface area contributed by atoms with Gasteiger partial charge in [-0.05, 0) is 29.5 Å². The van der Waals surface area contributed by atoms with Gasteiger partial charge in [0.1, 0.15) is 11.5 Å². The highest BCUT2D eigenvalue weighted by Gasteiger charge is 2.18. The van der Waals surface area contributed by atoms with Crippen LogP contribution in [0.2, 0.25) is 0 Å². The molecule has 0 saturated carbocycles. The van der Waals surface area contributed by atoms with Crippen molar-refractivity contribution in [2.75, 3.05) is 25.5 Å². The molecule has 19 heavy (non-hydrogen) atoms. The van der Waals surface area contributed by atoms with Crippen LogP contribution < -0.4 is 5.32 Å². The summed E-state index contributed by atoms with van der Waals surface area (Å²) in [5, 5.41) is 13.5. The summed E-state index contributed by atoms with van der Waals surface area (Å²) in [5.74, 6) is -0.791. The van der Waals surface area contributed by atoms with Gasteiger partial charge in [0.15, 0.2) is 0 Å². The van der Waals surface area contributed by atoms with Crippen LogP contribution in [0.3, 0.4) is 0 Å². The molecule has 0 saturated heterocycles. The highest BCUT2D eigenvalue weighted by atomic mass is 127. The smallest absolute Gasteiger partial charge is 0.293 e. The molecule has 0 unspecified atom stereocenters. The number of benzene rings is 1. The fourth-order valence-corrected chi connectivity index (χ4v) is 1.76. The number of carbonyl (C=O) groups excluding carboxylic acids is 1. The highest BCUT2D eigenvalue weighted by molar-refractivity contribution is 14.1. The average Bonchev–Trinajstić information content (AvgIpc) is 2.37. The first-order chi connectivity index (χ1) is 8.86. The van der Waals surface area contributed by atoms with Crippen molar-refractivity contribution < 1.29 is 14.1 Å². The molecule has 1 aromatic carbocycles. The second-order valence-electron chi connectivity index (χ2n) is 3.80. The lowest BCUT2D eigenvalue weighted by Crippen LogP contribution is -2.32. The second kappa shape index (κ2) is 6.64. The molecule has 0 aliphatic carbocycles. The monoisotopic (exact) mass is 381 g/mol. The van der Waals surface area contributed by atoms with E-state index in [0.717, 1.165) is 12.1 Å². The molecule has 0 heterocycles. The fourth-order valence-electron chi connectivity index (χ4n) is 1.31. The Kier molecular flexibility index (Phi) is 5.45. The molecule has 104 valence electrons. The molecule has 0 atom stereocenters. The van der Waals surface area contributed by atoms with E-state index in [2.05, 4.69) is 5.32 Å². The number of nitro benzene ring substituents is 1. The molecule has 0 fully saturated rings. The van der Waals surface area contributed by atoms with E-state index in [4.69, 9.17) is 0 Å². The average molecular weight is 381 g/mol. The van der Waals surface area contributed by atoms with Crippen molar-refractivity contribution in [3.63, 3.8) is 0 Å². The molecule has 1 aromatic rings. The van der Waals surface area contributed by atoms with Gasteiger partial charge >= 0.3 is 0 Å². The van der Waals surface area contributed by atoms with Crippen LogP contribution in [0.5, 0.6) is 0 Å². The number of anilines is 1. The van der Waals surface area contributed by atoms with Crippen molar-refractivity contribution in [2.24, 2.45) is 0 Å². The van der Waals surface area contributed by atoms with E-state index in [1.54, 1.807) is 29.6 Å². The summed E-state index contributed by atoms with van der Waals surface area (Å²) in [4.78, 5) is 23.3. The zero-order valence-electron chi connectivity index (χ0n) is 10.4. The molecular weight excluding hydrogens is 368 g/mol. The van der Waals surface area contributed by atoms with Crippen LogP contribution in [0, 0.1) is 19.5 Å². The molecule has 6 nitrogen and oxygen atoms in total. The van der Waals surface area contributed by atoms with Crippen LogP contribution in [0.1, 0.15) is 6.92 Å². The van der Waals surface area contributed by atoms with Crippen LogP contribution in [-0.2, 0) is 4.79 Å². The van der Waals surface area contributed by atoms with Gasteiger partial charge in [-0.25, -0.2) is 4.39 Å². The Morgan fingerprint density at radius 2 is 2.21 bits per heavy atom. The van der Waals surface area contributed by atoms with Crippen molar-refractivity contribution in [1.82, 2.24) is 4.90 Å². The SMILES string of the molecule is CCN(C)C(=O)CNc1cc(F)c(I)cc1[N+](=O)[O-]. The number of amides is 1. The van der Waals surface area contributed by atoms with E-state index < -0.39 is 10.7 Å². The lowest BCUT2D eigenvalue weighted by atomic mass is 10.2.